The summed E-state index contributed by atoms with van der Waals surface area (Å²) in [5, 5.41) is 0. The number of aryl methyl sites for hydroxylation is 1. The molecule has 2 aromatic carbocycles. The Morgan fingerprint density at radius 3 is 2.15 bits per heavy atom. The zero-order chi connectivity index (χ0) is 19.5. The van der Waals surface area contributed by atoms with Gasteiger partial charge < -0.3 is 9.47 Å². The summed E-state index contributed by atoms with van der Waals surface area (Å²) in [4.78, 5) is 0. The second-order valence-corrected chi connectivity index (χ2v) is 8.16. The van der Waals surface area contributed by atoms with Crippen LogP contribution in [0.15, 0.2) is 54.6 Å². The third kappa shape index (κ3) is 8.17. The molecule has 148 valence electrons. The van der Waals surface area contributed by atoms with Gasteiger partial charge in [-0.15, -0.1) is 0 Å². The number of hydrogen-bond donors (Lipinski definition) is 0. The molecule has 27 heavy (non-hydrogen) atoms. The first kappa shape index (κ1) is 21.5. The van der Waals surface area contributed by atoms with Crippen LogP contribution in [-0.4, -0.2) is 13.4 Å². The summed E-state index contributed by atoms with van der Waals surface area (Å²) >= 11 is 0. The van der Waals surface area contributed by atoms with Crippen molar-refractivity contribution in [2.24, 2.45) is 11.8 Å². The zero-order valence-electron chi connectivity index (χ0n) is 17.5. The molecule has 0 aliphatic heterocycles. The smallest absolute Gasteiger partial charge is 0.189 e. The maximum atomic E-state index is 5.72. The van der Waals surface area contributed by atoms with Crippen LogP contribution in [0.25, 0.3) is 0 Å². The molecule has 2 rings (SSSR count). The molecule has 0 spiro atoms. The normalized spacial score (nSPS) is 12.5. The van der Waals surface area contributed by atoms with Gasteiger partial charge in [0.2, 0.25) is 0 Å². The van der Waals surface area contributed by atoms with E-state index >= 15 is 0 Å². The second-order valence-electron chi connectivity index (χ2n) is 8.16. The van der Waals surface area contributed by atoms with Crippen LogP contribution in [-0.2, 0) is 11.2 Å². The summed E-state index contributed by atoms with van der Waals surface area (Å²) in [5.74, 6) is 2.86. The lowest BCUT2D eigenvalue weighted by molar-refractivity contribution is 0.0137. The van der Waals surface area contributed by atoms with E-state index in [0.29, 0.717) is 24.5 Å². The molecule has 0 aliphatic carbocycles. The molecule has 0 aliphatic rings. The lowest BCUT2D eigenvalue weighted by Gasteiger charge is -2.23. The molecule has 0 heterocycles. The van der Waals surface area contributed by atoms with Crippen LogP contribution in [0.3, 0.4) is 0 Å². The van der Waals surface area contributed by atoms with E-state index in [4.69, 9.17) is 9.47 Å². The van der Waals surface area contributed by atoms with Crippen molar-refractivity contribution in [1.82, 2.24) is 0 Å². The van der Waals surface area contributed by atoms with Gasteiger partial charge in [0.15, 0.2) is 6.79 Å². The van der Waals surface area contributed by atoms with Gasteiger partial charge >= 0.3 is 0 Å². The van der Waals surface area contributed by atoms with Crippen molar-refractivity contribution in [3.63, 3.8) is 0 Å². The van der Waals surface area contributed by atoms with Crippen molar-refractivity contribution >= 4 is 0 Å². The Morgan fingerprint density at radius 2 is 1.52 bits per heavy atom. The lowest BCUT2D eigenvalue weighted by atomic mass is 9.82. The minimum Gasteiger partial charge on any atom is -0.468 e. The Bertz CT molecular complexity index is 617. The fraction of sp³-hybridized carbons (Fsp3) is 0.520. The number of unbranched alkanes of at least 4 members (excludes halogenated alkanes) is 1. The maximum absolute atomic E-state index is 5.72. The molecule has 1 unspecified atom stereocenters. The topological polar surface area (TPSA) is 18.5 Å². The average molecular weight is 369 g/mol. The van der Waals surface area contributed by atoms with Gasteiger partial charge in [0.1, 0.15) is 5.75 Å². The van der Waals surface area contributed by atoms with Crippen molar-refractivity contribution in [3.8, 4) is 5.75 Å². The first-order valence-electron chi connectivity index (χ1n) is 10.4. The predicted molar refractivity (Wildman–Crippen MR) is 114 cm³/mol. The van der Waals surface area contributed by atoms with E-state index in [-0.39, 0.29) is 0 Å². The third-order valence-corrected chi connectivity index (χ3v) is 4.99. The van der Waals surface area contributed by atoms with Crippen molar-refractivity contribution in [2.75, 3.05) is 13.4 Å². The van der Waals surface area contributed by atoms with E-state index in [1.807, 2.05) is 0 Å². The first-order valence-corrected chi connectivity index (χ1v) is 10.4. The molecule has 0 amide bonds. The monoisotopic (exact) mass is 368 g/mol. The molecule has 0 radical (unpaired) electrons. The Morgan fingerprint density at radius 1 is 0.815 bits per heavy atom. The minimum absolute atomic E-state index is 0.324. The number of rotatable bonds is 12. The van der Waals surface area contributed by atoms with Gasteiger partial charge in [-0.2, -0.15) is 0 Å². The van der Waals surface area contributed by atoms with Crippen LogP contribution < -0.4 is 4.74 Å². The highest BCUT2D eigenvalue weighted by Crippen LogP contribution is 2.31. The molecule has 0 N–H and O–H groups in total. The van der Waals surface area contributed by atoms with Gasteiger partial charge in [-0.05, 0) is 66.7 Å². The zero-order valence-corrected chi connectivity index (χ0v) is 17.5. The molecule has 2 aromatic rings. The molecule has 0 saturated heterocycles. The predicted octanol–water partition coefficient (Wildman–Crippen LogP) is 6.85. The van der Waals surface area contributed by atoms with Gasteiger partial charge in [-0.1, -0.05) is 70.2 Å². The summed E-state index contributed by atoms with van der Waals surface area (Å²) < 4.78 is 11.3. The molecule has 1 atom stereocenters. The maximum Gasteiger partial charge on any atom is 0.189 e. The van der Waals surface area contributed by atoms with Crippen LogP contribution in [0, 0.1) is 11.8 Å². The van der Waals surface area contributed by atoms with Crippen molar-refractivity contribution < 1.29 is 9.47 Å². The molecule has 2 nitrogen and oxygen atoms in total. The SMILES string of the molecule is CC(C)CC(c1ccc(OCOCCCCc2ccccc2)cc1)C(C)C. The summed E-state index contributed by atoms with van der Waals surface area (Å²) in [5.41, 5.74) is 2.80. The van der Waals surface area contributed by atoms with E-state index in [0.717, 1.165) is 31.6 Å². The molecule has 0 aromatic heterocycles. The Kier molecular flexibility index (Phi) is 9.41. The van der Waals surface area contributed by atoms with Crippen LogP contribution in [0.4, 0.5) is 0 Å². The van der Waals surface area contributed by atoms with Gasteiger partial charge in [-0.3, -0.25) is 0 Å². The highest BCUT2D eigenvalue weighted by atomic mass is 16.7. The van der Waals surface area contributed by atoms with Gasteiger partial charge in [0.05, 0.1) is 6.61 Å². The van der Waals surface area contributed by atoms with Gasteiger partial charge in [0, 0.05) is 0 Å². The van der Waals surface area contributed by atoms with Crippen LogP contribution >= 0.6 is 0 Å². The standard InChI is InChI=1S/C25H36O2/c1-20(2)18-25(21(3)4)23-13-15-24(16-14-23)27-19-26-17-9-8-12-22-10-6-5-7-11-22/h5-7,10-11,13-16,20-21,25H,8-9,12,17-19H2,1-4H3. The van der Waals surface area contributed by atoms with E-state index in [1.54, 1.807) is 0 Å². The van der Waals surface area contributed by atoms with Crippen molar-refractivity contribution in [2.45, 2.75) is 59.3 Å². The van der Waals surface area contributed by atoms with Gasteiger partial charge in [0.25, 0.3) is 0 Å². The lowest BCUT2D eigenvalue weighted by Crippen LogP contribution is -2.10. The fourth-order valence-electron chi connectivity index (χ4n) is 3.46. The Balaban J connectivity index is 1.64. The molecular formula is C25H36O2. The summed E-state index contributed by atoms with van der Waals surface area (Å²) in [7, 11) is 0. The third-order valence-electron chi connectivity index (χ3n) is 4.99. The molecule has 0 fully saturated rings. The Hall–Kier alpha value is -1.80. The van der Waals surface area contributed by atoms with Crippen LogP contribution in [0.5, 0.6) is 5.75 Å². The number of hydrogen-bond acceptors (Lipinski definition) is 2. The fourth-order valence-corrected chi connectivity index (χ4v) is 3.46. The number of ether oxygens (including phenoxy) is 2. The molecule has 0 bridgehead atoms. The highest BCUT2D eigenvalue weighted by molar-refractivity contribution is 5.29. The first-order chi connectivity index (χ1) is 13.1. The molecular weight excluding hydrogens is 332 g/mol. The molecule has 0 saturated carbocycles. The Labute approximate surface area is 165 Å². The number of benzene rings is 2. The van der Waals surface area contributed by atoms with Crippen LogP contribution in [0.2, 0.25) is 0 Å². The molecule has 2 heteroatoms. The van der Waals surface area contributed by atoms with E-state index in [2.05, 4.69) is 82.3 Å². The van der Waals surface area contributed by atoms with E-state index < -0.39 is 0 Å². The summed E-state index contributed by atoms with van der Waals surface area (Å²) in [6.07, 6.45) is 4.54. The highest BCUT2D eigenvalue weighted by Gasteiger charge is 2.17. The minimum atomic E-state index is 0.324. The van der Waals surface area contributed by atoms with Gasteiger partial charge in [-0.25, -0.2) is 0 Å². The van der Waals surface area contributed by atoms with E-state index in [9.17, 15) is 0 Å². The van der Waals surface area contributed by atoms with Crippen molar-refractivity contribution in [1.29, 1.82) is 0 Å². The summed E-state index contributed by atoms with van der Waals surface area (Å²) in [6.45, 7) is 10.3. The van der Waals surface area contributed by atoms with Crippen molar-refractivity contribution in [3.05, 3.63) is 65.7 Å². The summed E-state index contributed by atoms with van der Waals surface area (Å²) in [6, 6.07) is 19.2. The second kappa shape index (κ2) is 11.8. The quantitative estimate of drug-likeness (QED) is 0.301. The van der Waals surface area contributed by atoms with Crippen LogP contribution in [0.1, 0.15) is 64.0 Å². The largest absolute Gasteiger partial charge is 0.468 e. The average Bonchev–Trinajstić information content (AvgIpc) is 2.66. The van der Waals surface area contributed by atoms with E-state index in [1.165, 1.54) is 17.5 Å².